The third-order valence-electron chi connectivity index (χ3n) is 4.03. The molecule has 1 N–H and O–H groups in total. The number of nitrogens with one attached hydrogen (secondary N) is 1. The molecule has 6 nitrogen and oxygen atoms in total. The van der Waals surface area contributed by atoms with E-state index < -0.39 is 12.1 Å². The third kappa shape index (κ3) is 4.16. The minimum Gasteiger partial charge on any atom is -0.348 e. The Hall–Kier alpha value is -2.42. The van der Waals surface area contributed by atoms with Crippen LogP contribution in [-0.2, 0) is 6.18 Å². The van der Waals surface area contributed by atoms with E-state index in [-0.39, 0.29) is 17.8 Å². The number of carbonyl (C=O) groups excluding carboxylic acids is 1. The monoisotopic (exact) mass is 354 g/mol. The number of rotatable bonds is 3. The third-order valence-corrected chi connectivity index (χ3v) is 4.03. The van der Waals surface area contributed by atoms with E-state index in [4.69, 9.17) is 0 Å². The molecule has 1 atom stereocenters. The average Bonchev–Trinajstić information content (AvgIpc) is 3.05. The van der Waals surface area contributed by atoms with Crippen LogP contribution in [0.4, 0.5) is 13.2 Å². The van der Waals surface area contributed by atoms with Gasteiger partial charge in [-0.2, -0.15) is 18.2 Å². The highest BCUT2D eigenvalue weighted by Crippen LogP contribution is 2.29. The van der Waals surface area contributed by atoms with Gasteiger partial charge in [0.2, 0.25) is 5.82 Å². The zero-order valence-electron chi connectivity index (χ0n) is 13.5. The second-order valence-electron chi connectivity index (χ2n) is 6.07. The quantitative estimate of drug-likeness (QED) is 0.917. The number of hydrogen-bond acceptors (Lipinski definition) is 5. The van der Waals surface area contributed by atoms with Gasteiger partial charge in [-0.3, -0.25) is 4.79 Å². The van der Waals surface area contributed by atoms with Crippen LogP contribution in [0.25, 0.3) is 11.4 Å². The van der Waals surface area contributed by atoms with E-state index >= 15 is 0 Å². The Morgan fingerprint density at radius 3 is 2.64 bits per heavy atom. The Bertz CT molecular complexity index is 743. The Balaban J connectivity index is 1.67. The molecule has 1 saturated heterocycles. The van der Waals surface area contributed by atoms with Crippen LogP contribution in [0.1, 0.15) is 29.1 Å². The second kappa shape index (κ2) is 6.83. The highest BCUT2D eigenvalue weighted by Gasteiger charge is 2.38. The van der Waals surface area contributed by atoms with Gasteiger partial charge in [0, 0.05) is 23.7 Å². The van der Waals surface area contributed by atoms with Crippen molar-refractivity contribution >= 4 is 5.91 Å². The molecule has 0 bridgehead atoms. The molecular formula is C16H17F3N4O2. The fraction of sp³-hybridized carbons (Fsp3) is 0.438. The molecule has 3 rings (SSSR count). The number of amides is 1. The highest BCUT2D eigenvalue weighted by molar-refractivity contribution is 5.94. The lowest BCUT2D eigenvalue weighted by atomic mass is 10.1. The van der Waals surface area contributed by atoms with Crippen LogP contribution in [0.2, 0.25) is 0 Å². The molecule has 2 heterocycles. The first-order chi connectivity index (χ1) is 11.8. The van der Waals surface area contributed by atoms with Crippen LogP contribution in [-0.4, -0.2) is 47.1 Å². The summed E-state index contributed by atoms with van der Waals surface area (Å²) < 4.78 is 41.7. The summed E-state index contributed by atoms with van der Waals surface area (Å²) in [7, 11) is 2.01. The van der Waals surface area contributed by atoms with Crippen molar-refractivity contribution in [3.8, 4) is 11.4 Å². The standard InChI is InChI=1S/C16H17F3N4O2/c1-23-8-2-3-12(9-23)20-14(24)11-6-4-10(5-7-11)13-21-15(25-22-13)16(17,18)19/h4-7,12H,2-3,8-9H2,1H3,(H,20,24)/t12-/m1/s1. The van der Waals surface area contributed by atoms with Gasteiger partial charge in [0.25, 0.3) is 5.91 Å². The minimum absolute atomic E-state index is 0.0949. The number of likely N-dealkylation sites (tertiary alicyclic amines) is 1. The molecule has 0 radical (unpaired) electrons. The number of aromatic nitrogens is 2. The number of likely N-dealkylation sites (N-methyl/N-ethyl adjacent to an activating group) is 1. The van der Waals surface area contributed by atoms with E-state index in [0.29, 0.717) is 11.1 Å². The first-order valence-electron chi connectivity index (χ1n) is 7.83. The molecule has 1 amide bonds. The van der Waals surface area contributed by atoms with Crippen LogP contribution in [0.15, 0.2) is 28.8 Å². The zero-order chi connectivity index (χ0) is 18.0. The zero-order valence-corrected chi connectivity index (χ0v) is 13.5. The van der Waals surface area contributed by atoms with Crippen molar-refractivity contribution in [3.63, 3.8) is 0 Å². The van der Waals surface area contributed by atoms with Crippen LogP contribution < -0.4 is 5.32 Å². The maximum atomic E-state index is 12.5. The summed E-state index contributed by atoms with van der Waals surface area (Å²) in [6.45, 7) is 1.82. The van der Waals surface area contributed by atoms with E-state index in [0.717, 1.165) is 25.9 Å². The first-order valence-corrected chi connectivity index (χ1v) is 7.83. The smallest absolute Gasteiger partial charge is 0.348 e. The van der Waals surface area contributed by atoms with E-state index in [9.17, 15) is 18.0 Å². The summed E-state index contributed by atoms with van der Waals surface area (Å²) in [5, 5.41) is 6.29. The van der Waals surface area contributed by atoms with Crippen molar-refractivity contribution in [3.05, 3.63) is 35.7 Å². The van der Waals surface area contributed by atoms with Gasteiger partial charge in [-0.1, -0.05) is 17.3 Å². The number of alkyl halides is 3. The molecule has 0 aliphatic carbocycles. The number of halogens is 3. The minimum atomic E-state index is -4.68. The lowest BCUT2D eigenvalue weighted by molar-refractivity contribution is -0.159. The molecule has 1 aliphatic rings. The fourth-order valence-corrected chi connectivity index (χ4v) is 2.78. The van der Waals surface area contributed by atoms with Crippen LogP contribution >= 0.6 is 0 Å². The summed E-state index contributed by atoms with van der Waals surface area (Å²) in [5.74, 6) is -1.78. The van der Waals surface area contributed by atoms with E-state index in [1.54, 1.807) is 0 Å². The van der Waals surface area contributed by atoms with Crippen LogP contribution in [0, 0.1) is 0 Å². The lowest BCUT2D eigenvalue weighted by Gasteiger charge is -2.30. The largest absolute Gasteiger partial charge is 0.471 e. The SMILES string of the molecule is CN1CCC[C@@H](NC(=O)c2ccc(-c3noc(C(F)(F)F)n3)cc2)C1. The summed E-state index contributed by atoms with van der Waals surface area (Å²) in [6.07, 6.45) is -2.73. The molecule has 1 aromatic heterocycles. The van der Waals surface area contributed by atoms with Gasteiger partial charge in [0.15, 0.2) is 0 Å². The van der Waals surface area contributed by atoms with Gasteiger partial charge in [-0.15, -0.1) is 0 Å². The van der Waals surface area contributed by atoms with Gasteiger partial charge in [-0.05, 0) is 38.6 Å². The van der Waals surface area contributed by atoms with Gasteiger partial charge in [0.05, 0.1) is 0 Å². The van der Waals surface area contributed by atoms with Crippen molar-refractivity contribution in [1.82, 2.24) is 20.4 Å². The Morgan fingerprint density at radius 2 is 2.04 bits per heavy atom. The Morgan fingerprint density at radius 1 is 1.32 bits per heavy atom. The molecule has 9 heteroatoms. The lowest BCUT2D eigenvalue weighted by Crippen LogP contribution is -2.46. The van der Waals surface area contributed by atoms with Gasteiger partial charge >= 0.3 is 12.1 Å². The molecule has 1 fully saturated rings. The molecule has 0 spiro atoms. The molecule has 25 heavy (non-hydrogen) atoms. The van der Waals surface area contributed by atoms with Crippen molar-refractivity contribution in [2.75, 3.05) is 20.1 Å². The fourth-order valence-electron chi connectivity index (χ4n) is 2.78. The number of carbonyl (C=O) groups is 1. The number of piperidine rings is 1. The number of hydrogen-bond donors (Lipinski definition) is 1. The molecule has 2 aromatic rings. The maximum absolute atomic E-state index is 12.5. The summed E-state index contributed by atoms with van der Waals surface area (Å²) in [6, 6.07) is 6.14. The van der Waals surface area contributed by atoms with Crippen LogP contribution in [0.5, 0.6) is 0 Å². The van der Waals surface area contributed by atoms with Gasteiger partial charge in [-0.25, -0.2) is 0 Å². The topological polar surface area (TPSA) is 71.3 Å². The second-order valence-corrected chi connectivity index (χ2v) is 6.07. The molecule has 1 aromatic carbocycles. The van der Waals surface area contributed by atoms with Crippen molar-refractivity contribution in [2.24, 2.45) is 0 Å². The predicted octanol–water partition coefficient (Wildman–Crippen LogP) is 2.58. The van der Waals surface area contributed by atoms with Crippen LogP contribution in [0.3, 0.4) is 0 Å². The summed E-state index contributed by atoms with van der Waals surface area (Å²) >= 11 is 0. The van der Waals surface area contributed by atoms with E-state index in [1.807, 2.05) is 7.05 Å². The highest BCUT2D eigenvalue weighted by atomic mass is 19.4. The molecule has 134 valence electrons. The summed E-state index contributed by atoms with van der Waals surface area (Å²) in [4.78, 5) is 17.8. The van der Waals surface area contributed by atoms with Crippen molar-refractivity contribution in [1.29, 1.82) is 0 Å². The molecule has 0 saturated carbocycles. The molecule has 1 aliphatic heterocycles. The Labute approximate surface area is 142 Å². The first kappa shape index (κ1) is 17.4. The van der Waals surface area contributed by atoms with Gasteiger partial charge < -0.3 is 14.7 Å². The Kier molecular flexibility index (Phi) is 4.76. The predicted molar refractivity (Wildman–Crippen MR) is 82.7 cm³/mol. The van der Waals surface area contributed by atoms with Crippen molar-refractivity contribution < 1.29 is 22.5 Å². The van der Waals surface area contributed by atoms with E-state index in [1.165, 1.54) is 24.3 Å². The molecular weight excluding hydrogens is 337 g/mol. The molecule has 0 unspecified atom stereocenters. The average molecular weight is 354 g/mol. The maximum Gasteiger partial charge on any atom is 0.471 e. The summed E-state index contributed by atoms with van der Waals surface area (Å²) in [5.41, 5.74) is 0.768. The van der Waals surface area contributed by atoms with Gasteiger partial charge in [0.1, 0.15) is 0 Å². The van der Waals surface area contributed by atoms with Crippen molar-refractivity contribution in [2.45, 2.75) is 25.1 Å². The number of benzene rings is 1. The number of nitrogens with zero attached hydrogens (tertiary/aromatic N) is 3. The van der Waals surface area contributed by atoms with E-state index in [2.05, 4.69) is 24.9 Å². The normalized spacial score (nSPS) is 19.0.